The molecule has 0 unspecified atom stereocenters. The first kappa shape index (κ1) is 11.3. The first-order valence-electron chi connectivity index (χ1n) is 6.14. The molecule has 0 aromatic heterocycles. The van der Waals surface area contributed by atoms with E-state index in [0.29, 0.717) is 6.04 Å². The summed E-state index contributed by atoms with van der Waals surface area (Å²) in [7, 11) is 0. The Labute approximate surface area is 97.0 Å². The quantitative estimate of drug-likeness (QED) is 0.634. The van der Waals surface area contributed by atoms with E-state index in [4.69, 9.17) is 11.6 Å². The number of fused-ring (bicyclic) bond motifs is 1. The van der Waals surface area contributed by atoms with Crippen LogP contribution in [0.3, 0.4) is 0 Å². The van der Waals surface area contributed by atoms with Crippen molar-refractivity contribution in [3.63, 3.8) is 0 Å². The molecule has 2 aliphatic rings. The van der Waals surface area contributed by atoms with Crippen LogP contribution in [0.5, 0.6) is 0 Å². The molecule has 3 atom stereocenters. The molecule has 2 fully saturated rings. The van der Waals surface area contributed by atoms with E-state index in [1.54, 1.807) is 6.92 Å². The molecule has 1 aliphatic carbocycles. The van der Waals surface area contributed by atoms with E-state index in [1.165, 1.54) is 32.1 Å². The maximum atomic E-state index is 11.9. The van der Waals surface area contributed by atoms with Gasteiger partial charge in [0.15, 0.2) is 0 Å². The summed E-state index contributed by atoms with van der Waals surface area (Å²) < 4.78 is 0. The van der Waals surface area contributed by atoms with Gasteiger partial charge in [-0.1, -0.05) is 12.8 Å². The zero-order valence-corrected chi connectivity index (χ0v) is 10.2. The number of alkyl halides is 1. The molecule has 0 aromatic carbocycles. The third-order valence-electron chi connectivity index (χ3n) is 3.87. The minimum absolute atomic E-state index is 0.147. The van der Waals surface area contributed by atoms with Crippen molar-refractivity contribution < 1.29 is 4.79 Å². The van der Waals surface area contributed by atoms with Gasteiger partial charge in [-0.3, -0.25) is 4.79 Å². The third kappa shape index (κ3) is 2.30. The molecule has 1 aliphatic heterocycles. The lowest BCUT2D eigenvalue weighted by Crippen LogP contribution is -2.51. The predicted molar refractivity (Wildman–Crippen MR) is 62.0 cm³/mol. The number of hydrogen-bond acceptors (Lipinski definition) is 1. The lowest BCUT2D eigenvalue weighted by Gasteiger charge is -2.44. The fourth-order valence-corrected chi connectivity index (χ4v) is 3.25. The number of carbonyl (C=O) groups is 1. The highest BCUT2D eigenvalue weighted by Gasteiger charge is 2.36. The molecule has 2 nitrogen and oxygen atoms in total. The van der Waals surface area contributed by atoms with Crippen molar-refractivity contribution in [2.75, 3.05) is 6.54 Å². The predicted octanol–water partition coefficient (Wildman–Crippen LogP) is 2.79. The van der Waals surface area contributed by atoms with Crippen LogP contribution in [-0.4, -0.2) is 28.8 Å². The molecule has 1 amide bonds. The van der Waals surface area contributed by atoms with Crippen molar-refractivity contribution in [2.24, 2.45) is 5.92 Å². The molecule has 0 bridgehead atoms. The number of likely N-dealkylation sites (tertiary alicyclic amines) is 1. The second-order valence-electron chi connectivity index (χ2n) is 4.90. The fraction of sp³-hybridized carbons (Fsp3) is 0.917. The molecule has 0 spiro atoms. The van der Waals surface area contributed by atoms with E-state index >= 15 is 0 Å². The van der Waals surface area contributed by atoms with E-state index in [1.807, 2.05) is 0 Å². The minimum Gasteiger partial charge on any atom is -0.338 e. The zero-order valence-electron chi connectivity index (χ0n) is 9.42. The SMILES string of the molecule is C[C@H](Cl)C(=O)N1CCC[C@H]2CCCC[C@@H]21. The number of carbonyl (C=O) groups excluding carboxylic acids is 1. The molecule has 0 N–H and O–H groups in total. The van der Waals surface area contributed by atoms with Crippen LogP contribution in [0.4, 0.5) is 0 Å². The van der Waals surface area contributed by atoms with Gasteiger partial charge in [0, 0.05) is 12.6 Å². The highest BCUT2D eigenvalue weighted by molar-refractivity contribution is 6.30. The summed E-state index contributed by atoms with van der Waals surface area (Å²) in [6, 6.07) is 0.501. The summed E-state index contributed by atoms with van der Waals surface area (Å²) in [6.45, 7) is 2.72. The van der Waals surface area contributed by atoms with E-state index in [2.05, 4.69) is 4.90 Å². The van der Waals surface area contributed by atoms with Crippen molar-refractivity contribution in [1.29, 1.82) is 0 Å². The number of hydrogen-bond donors (Lipinski definition) is 0. The number of nitrogens with zero attached hydrogens (tertiary/aromatic N) is 1. The third-order valence-corrected chi connectivity index (χ3v) is 4.05. The van der Waals surface area contributed by atoms with Gasteiger partial charge >= 0.3 is 0 Å². The maximum Gasteiger partial charge on any atom is 0.240 e. The molecule has 0 radical (unpaired) electrons. The van der Waals surface area contributed by atoms with E-state index in [-0.39, 0.29) is 11.3 Å². The van der Waals surface area contributed by atoms with Crippen molar-refractivity contribution in [3.05, 3.63) is 0 Å². The molecule has 1 heterocycles. The summed E-state index contributed by atoms with van der Waals surface area (Å²) in [5.41, 5.74) is 0. The Morgan fingerprint density at radius 3 is 2.67 bits per heavy atom. The zero-order chi connectivity index (χ0) is 10.8. The van der Waals surface area contributed by atoms with Crippen LogP contribution >= 0.6 is 11.6 Å². The van der Waals surface area contributed by atoms with Gasteiger partial charge in [-0.15, -0.1) is 11.6 Å². The van der Waals surface area contributed by atoms with Crippen molar-refractivity contribution >= 4 is 17.5 Å². The van der Waals surface area contributed by atoms with Crippen LogP contribution in [0.25, 0.3) is 0 Å². The average Bonchev–Trinajstić information content (AvgIpc) is 2.27. The smallest absolute Gasteiger partial charge is 0.240 e. The molecule has 86 valence electrons. The molecule has 1 saturated carbocycles. The number of amides is 1. The Kier molecular flexibility index (Phi) is 3.55. The molecule has 1 saturated heterocycles. The van der Waals surface area contributed by atoms with Gasteiger partial charge in [0.05, 0.1) is 0 Å². The Hall–Kier alpha value is -0.240. The second kappa shape index (κ2) is 4.73. The first-order chi connectivity index (χ1) is 7.20. The van der Waals surface area contributed by atoms with Gasteiger partial charge in [-0.2, -0.15) is 0 Å². The van der Waals surface area contributed by atoms with Crippen molar-refractivity contribution in [3.8, 4) is 0 Å². The van der Waals surface area contributed by atoms with Gasteiger partial charge in [0.2, 0.25) is 5.91 Å². The lowest BCUT2D eigenvalue weighted by atomic mass is 9.78. The van der Waals surface area contributed by atoms with Crippen LogP contribution in [0.2, 0.25) is 0 Å². The van der Waals surface area contributed by atoms with Crippen LogP contribution in [0.15, 0.2) is 0 Å². The summed E-state index contributed by atoms with van der Waals surface area (Å²) in [4.78, 5) is 14.0. The van der Waals surface area contributed by atoms with Gasteiger partial charge in [-0.05, 0) is 38.5 Å². The number of halogens is 1. The highest BCUT2D eigenvalue weighted by atomic mass is 35.5. The van der Waals surface area contributed by atoms with E-state index < -0.39 is 0 Å². The summed E-state index contributed by atoms with van der Waals surface area (Å²) in [5.74, 6) is 0.903. The van der Waals surface area contributed by atoms with Crippen LogP contribution < -0.4 is 0 Å². The molecule has 2 rings (SSSR count). The molecule has 15 heavy (non-hydrogen) atoms. The average molecular weight is 230 g/mol. The van der Waals surface area contributed by atoms with E-state index in [0.717, 1.165) is 18.9 Å². The van der Waals surface area contributed by atoms with Gasteiger partial charge in [0.25, 0.3) is 0 Å². The Balaban J connectivity index is 2.06. The van der Waals surface area contributed by atoms with Gasteiger partial charge in [0.1, 0.15) is 5.38 Å². The maximum absolute atomic E-state index is 11.9. The van der Waals surface area contributed by atoms with Gasteiger partial charge in [-0.25, -0.2) is 0 Å². The Morgan fingerprint density at radius 1 is 1.27 bits per heavy atom. The van der Waals surface area contributed by atoms with Crippen LogP contribution in [-0.2, 0) is 4.79 Å². The summed E-state index contributed by atoms with van der Waals surface area (Å²) >= 11 is 5.90. The lowest BCUT2D eigenvalue weighted by molar-refractivity contribution is -0.136. The normalized spacial score (nSPS) is 33.3. The molecular formula is C12H20ClNO. The molecule has 0 aromatic rings. The Morgan fingerprint density at radius 2 is 1.93 bits per heavy atom. The second-order valence-corrected chi connectivity index (χ2v) is 5.56. The van der Waals surface area contributed by atoms with E-state index in [9.17, 15) is 4.79 Å². The summed E-state index contributed by atoms with van der Waals surface area (Å²) in [5, 5.41) is -0.356. The fourth-order valence-electron chi connectivity index (χ4n) is 3.13. The monoisotopic (exact) mass is 229 g/mol. The van der Waals surface area contributed by atoms with Crippen LogP contribution in [0, 0.1) is 5.92 Å². The van der Waals surface area contributed by atoms with Crippen molar-refractivity contribution in [2.45, 2.75) is 56.9 Å². The van der Waals surface area contributed by atoms with Gasteiger partial charge < -0.3 is 4.90 Å². The van der Waals surface area contributed by atoms with Crippen molar-refractivity contribution in [1.82, 2.24) is 4.90 Å². The first-order valence-corrected chi connectivity index (χ1v) is 6.58. The molecule has 3 heteroatoms. The molecular weight excluding hydrogens is 210 g/mol. The van der Waals surface area contributed by atoms with Crippen LogP contribution in [0.1, 0.15) is 45.4 Å². The number of rotatable bonds is 1. The summed E-state index contributed by atoms with van der Waals surface area (Å²) in [6.07, 6.45) is 7.61. The topological polar surface area (TPSA) is 20.3 Å². The Bertz CT molecular complexity index is 240. The highest BCUT2D eigenvalue weighted by Crippen LogP contribution is 2.35. The minimum atomic E-state index is -0.356. The largest absolute Gasteiger partial charge is 0.338 e. The standard InChI is InChI=1S/C12H20ClNO/c1-9(13)12(15)14-8-4-6-10-5-2-3-7-11(10)14/h9-11H,2-8H2,1H3/t9-,10+,11-/m0/s1. The number of piperidine rings is 1.